The van der Waals surface area contributed by atoms with Crippen LogP contribution >= 0.6 is 0 Å². The molecule has 0 aromatic heterocycles. The van der Waals surface area contributed by atoms with Crippen LogP contribution in [-0.2, 0) is 16.4 Å². The molecule has 1 fully saturated rings. The molecule has 1 unspecified atom stereocenters. The Labute approximate surface area is 141 Å². The fourth-order valence-electron chi connectivity index (χ4n) is 2.80. The average molecular weight is 349 g/mol. The highest BCUT2D eigenvalue weighted by molar-refractivity contribution is 7.91. The standard InChI is InChI=1S/C18H20FNO3S/c19-15-8-6-14(7-9-15)12-23-18-5-1-3-16(11-18)20-17-4-2-10-24(21,22)13-17/h1,3,5-9,11,17,20H,2,4,10,12-13H2. The Hall–Kier alpha value is -2.08. The van der Waals surface area contributed by atoms with E-state index in [2.05, 4.69) is 5.32 Å². The van der Waals surface area contributed by atoms with Crippen molar-refractivity contribution in [2.45, 2.75) is 25.5 Å². The number of ether oxygens (including phenoxy) is 1. The quantitative estimate of drug-likeness (QED) is 0.899. The van der Waals surface area contributed by atoms with Crippen molar-refractivity contribution < 1.29 is 17.5 Å². The second-order valence-corrected chi connectivity index (χ2v) is 8.27. The monoisotopic (exact) mass is 349 g/mol. The van der Waals surface area contributed by atoms with Gasteiger partial charge in [0.2, 0.25) is 0 Å². The van der Waals surface area contributed by atoms with Gasteiger partial charge in [0, 0.05) is 17.8 Å². The lowest BCUT2D eigenvalue weighted by atomic mass is 10.1. The fraction of sp³-hybridized carbons (Fsp3) is 0.333. The molecule has 0 bridgehead atoms. The van der Waals surface area contributed by atoms with Crippen molar-refractivity contribution >= 4 is 15.5 Å². The summed E-state index contributed by atoms with van der Waals surface area (Å²) < 4.78 is 42.0. The van der Waals surface area contributed by atoms with Crippen molar-refractivity contribution in [2.24, 2.45) is 0 Å². The van der Waals surface area contributed by atoms with E-state index in [1.165, 1.54) is 12.1 Å². The summed E-state index contributed by atoms with van der Waals surface area (Å²) in [6.45, 7) is 0.349. The number of halogens is 1. The van der Waals surface area contributed by atoms with Crippen LogP contribution in [0.4, 0.5) is 10.1 Å². The van der Waals surface area contributed by atoms with Crippen LogP contribution < -0.4 is 10.1 Å². The zero-order chi connectivity index (χ0) is 17.0. The van der Waals surface area contributed by atoms with Gasteiger partial charge in [-0.15, -0.1) is 0 Å². The first-order chi connectivity index (χ1) is 11.5. The van der Waals surface area contributed by atoms with Crippen LogP contribution in [0.3, 0.4) is 0 Å². The van der Waals surface area contributed by atoms with E-state index in [0.29, 0.717) is 18.8 Å². The summed E-state index contributed by atoms with van der Waals surface area (Å²) in [5.41, 5.74) is 1.72. The van der Waals surface area contributed by atoms with Crippen molar-refractivity contribution in [3.05, 3.63) is 59.9 Å². The first-order valence-electron chi connectivity index (χ1n) is 7.94. The Morgan fingerprint density at radius 1 is 1.17 bits per heavy atom. The van der Waals surface area contributed by atoms with E-state index in [-0.39, 0.29) is 23.4 Å². The molecule has 1 aliphatic rings. The molecule has 3 rings (SSSR count). The lowest BCUT2D eigenvalue weighted by Crippen LogP contribution is -2.34. The largest absolute Gasteiger partial charge is 0.489 e. The van der Waals surface area contributed by atoms with Gasteiger partial charge in [0.25, 0.3) is 0 Å². The molecule has 0 aliphatic carbocycles. The molecular formula is C18H20FNO3S. The van der Waals surface area contributed by atoms with Crippen molar-refractivity contribution in [1.82, 2.24) is 0 Å². The minimum atomic E-state index is -2.94. The third-order valence-corrected chi connectivity index (χ3v) is 5.81. The molecule has 1 N–H and O–H groups in total. The lowest BCUT2D eigenvalue weighted by Gasteiger charge is -2.24. The molecule has 2 aromatic carbocycles. The molecule has 0 spiro atoms. The van der Waals surface area contributed by atoms with Gasteiger partial charge in [-0.2, -0.15) is 0 Å². The molecule has 4 nitrogen and oxygen atoms in total. The first kappa shape index (κ1) is 16.8. The highest BCUT2D eigenvalue weighted by atomic mass is 32.2. The summed E-state index contributed by atoms with van der Waals surface area (Å²) in [6.07, 6.45) is 1.54. The third-order valence-electron chi connectivity index (χ3n) is 3.99. The molecule has 0 radical (unpaired) electrons. The Balaban J connectivity index is 1.60. The van der Waals surface area contributed by atoms with E-state index in [9.17, 15) is 12.8 Å². The summed E-state index contributed by atoms with van der Waals surface area (Å²) in [7, 11) is -2.94. The number of hydrogen-bond acceptors (Lipinski definition) is 4. The van der Waals surface area contributed by atoms with E-state index in [1.807, 2.05) is 24.3 Å². The van der Waals surface area contributed by atoms with Gasteiger partial charge in [-0.3, -0.25) is 0 Å². The van der Waals surface area contributed by atoms with Crippen LogP contribution in [0.2, 0.25) is 0 Å². The van der Waals surface area contributed by atoms with Gasteiger partial charge in [0.05, 0.1) is 11.5 Å². The highest BCUT2D eigenvalue weighted by Crippen LogP contribution is 2.22. The lowest BCUT2D eigenvalue weighted by molar-refractivity contribution is 0.306. The molecule has 6 heteroatoms. The topological polar surface area (TPSA) is 55.4 Å². The Kier molecular flexibility index (Phi) is 5.04. The number of hydrogen-bond donors (Lipinski definition) is 1. The molecule has 2 aromatic rings. The Morgan fingerprint density at radius 2 is 1.96 bits per heavy atom. The normalized spacial score (nSPS) is 19.6. The van der Waals surface area contributed by atoms with E-state index in [1.54, 1.807) is 12.1 Å². The van der Waals surface area contributed by atoms with Crippen molar-refractivity contribution in [3.63, 3.8) is 0 Å². The maximum Gasteiger partial charge on any atom is 0.152 e. The predicted molar refractivity (Wildman–Crippen MR) is 92.5 cm³/mol. The summed E-state index contributed by atoms with van der Waals surface area (Å²) in [4.78, 5) is 0. The Morgan fingerprint density at radius 3 is 2.71 bits per heavy atom. The number of sulfone groups is 1. The fourth-order valence-corrected chi connectivity index (χ4v) is 4.43. The van der Waals surface area contributed by atoms with Gasteiger partial charge >= 0.3 is 0 Å². The summed E-state index contributed by atoms with van der Waals surface area (Å²) in [6, 6.07) is 13.6. The third kappa shape index (κ3) is 4.71. The Bertz CT molecular complexity index is 790. The van der Waals surface area contributed by atoms with E-state index < -0.39 is 9.84 Å². The number of nitrogens with one attached hydrogen (secondary N) is 1. The van der Waals surface area contributed by atoms with Crippen LogP contribution in [0.1, 0.15) is 18.4 Å². The summed E-state index contributed by atoms with van der Waals surface area (Å²) >= 11 is 0. The first-order valence-corrected chi connectivity index (χ1v) is 9.77. The second kappa shape index (κ2) is 7.21. The smallest absolute Gasteiger partial charge is 0.152 e. The van der Waals surface area contributed by atoms with Gasteiger partial charge in [0.15, 0.2) is 9.84 Å². The van der Waals surface area contributed by atoms with Crippen LogP contribution in [0.15, 0.2) is 48.5 Å². The van der Waals surface area contributed by atoms with E-state index >= 15 is 0 Å². The van der Waals surface area contributed by atoms with Gasteiger partial charge in [0.1, 0.15) is 18.2 Å². The maximum atomic E-state index is 12.9. The predicted octanol–water partition coefficient (Wildman–Crippen LogP) is 3.39. The highest BCUT2D eigenvalue weighted by Gasteiger charge is 2.24. The van der Waals surface area contributed by atoms with E-state index in [4.69, 9.17) is 4.74 Å². The number of benzene rings is 2. The zero-order valence-electron chi connectivity index (χ0n) is 13.2. The van der Waals surface area contributed by atoms with Crippen LogP contribution in [0, 0.1) is 5.82 Å². The van der Waals surface area contributed by atoms with Crippen molar-refractivity contribution in [3.8, 4) is 5.75 Å². The van der Waals surface area contributed by atoms with Crippen molar-refractivity contribution in [2.75, 3.05) is 16.8 Å². The molecule has 1 aliphatic heterocycles. The molecule has 1 saturated heterocycles. The molecule has 0 saturated carbocycles. The molecule has 1 heterocycles. The molecule has 0 amide bonds. The van der Waals surface area contributed by atoms with Gasteiger partial charge in [-0.05, 0) is 42.7 Å². The van der Waals surface area contributed by atoms with Crippen LogP contribution in [0.5, 0.6) is 5.75 Å². The van der Waals surface area contributed by atoms with Crippen LogP contribution in [-0.4, -0.2) is 26.0 Å². The number of anilines is 1. The van der Waals surface area contributed by atoms with E-state index in [0.717, 1.165) is 17.7 Å². The van der Waals surface area contributed by atoms with Crippen LogP contribution in [0.25, 0.3) is 0 Å². The summed E-state index contributed by atoms with van der Waals surface area (Å²) in [5, 5.41) is 3.27. The average Bonchev–Trinajstić information content (AvgIpc) is 2.54. The molecular weight excluding hydrogens is 329 g/mol. The summed E-state index contributed by atoms with van der Waals surface area (Å²) in [5.74, 6) is 0.870. The minimum absolute atomic E-state index is 0.0592. The maximum absolute atomic E-state index is 12.9. The second-order valence-electron chi connectivity index (χ2n) is 6.04. The molecule has 128 valence electrons. The van der Waals surface area contributed by atoms with Gasteiger partial charge in [-0.25, -0.2) is 12.8 Å². The number of rotatable bonds is 5. The molecule has 24 heavy (non-hydrogen) atoms. The zero-order valence-corrected chi connectivity index (χ0v) is 14.1. The van der Waals surface area contributed by atoms with Gasteiger partial charge in [-0.1, -0.05) is 18.2 Å². The SMILES string of the molecule is O=S1(=O)CCCC(Nc2cccc(OCc3ccc(F)cc3)c2)C1. The minimum Gasteiger partial charge on any atom is -0.489 e. The van der Waals surface area contributed by atoms with Crippen molar-refractivity contribution in [1.29, 1.82) is 0 Å². The van der Waals surface area contributed by atoms with Gasteiger partial charge < -0.3 is 10.1 Å². The molecule has 1 atom stereocenters.